The summed E-state index contributed by atoms with van der Waals surface area (Å²) in [6, 6.07) is 0.617. The van der Waals surface area contributed by atoms with Gasteiger partial charge in [-0.15, -0.1) is 0 Å². The molecule has 2 heterocycles. The molecule has 2 fully saturated rings. The predicted octanol–water partition coefficient (Wildman–Crippen LogP) is 0.0213. The molecule has 4 heteroatoms. The number of hydrogen-bond acceptors (Lipinski definition) is 4. The van der Waals surface area contributed by atoms with Crippen LogP contribution in [0.15, 0.2) is 0 Å². The topological polar surface area (TPSA) is 35.9 Å². The highest BCUT2D eigenvalue weighted by Gasteiger charge is 2.37. The fraction of sp³-hybridized carbons (Fsp3) is 1.00. The van der Waals surface area contributed by atoms with Crippen molar-refractivity contribution in [1.82, 2.24) is 9.80 Å². The Labute approximate surface area is 98.2 Å². The van der Waals surface area contributed by atoms with Crippen molar-refractivity contribution in [3.63, 3.8) is 0 Å². The van der Waals surface area contributed by atoms with Crippen molar-refractivity contribution in [2.75, 3.05) is 53.0 Å². The molecule has 0 amide bonds. The van der Waals surface area contributed by atoms with E-state index in [-0.39, 0.29) is 12.0 Å². The molecule has 0 bridgehead atoms. The lowest BCUT2D eigenvalue weighted by atomic mass is 9.87. The first-order valence-corrected chi connectivity index (χ1v) is 6.26. The Morgan fingerprint density at radius 1 is 1.44 bits per heavy atom. The minimum atomic E-state index is 0.00955. The van der Waals surface area contributed by atoms with Gasteiger partial charge in [0.15, 0.2) is 0 Å². The molecule has 0 aromatic carbocycles. The van der Waals surface area contributed by atoms with E-state index in [1.807, 2.05) is 0 Å². The highest BCUT2D eigenvalue weighted by atomic mass is 16.5. The lowest BCUT2D eigenvalue weighted by Gasteiger charge is -2.41. The summed E-state index contributed by atoms with van der Waals surface area (Å²) in [5.41, 5.74) is 0.00955. The number of hydrogen-bond donors (Lipinski definition) is 1. The van der Waals surface area contributed by atoms with Gasteiger partial charge in [-0.3, -0.25) is 4.90 Å². The summed E-state index contributed by atoms with van der Waals surface area (Å²) in [4.78, 5) is 4.88. The minimum Gasteiger partial charge on any atom is -0.396 e. The number of piperazine rings is 1. The third-order valence-corrected chi connectivity index (χ3v) is 4.12. The maximum atomic E-state index is 9.55. The molecule has 94 valence electrons. The van der Waals surface area contributed by atoms with Crippen LogP contribution in [0.25, 0.3) is 0 Å². The van der Waals surface area contributed by atoms with Crippen LogP contribution in [0.1, 0.15) is 13.3 Å². The zero-order valence-electron chi connectivity index (χ0n) is 10.5. The summed E-state index contributed by atoms with van der Waals surface area (Å²) in [5.74, 6) is 0. The standard InChI is InChI=1S/C12H24N2O2/c1-11-7-14(5-4-13(11)2)8-12(9-15)3-6-16-10-12/h11,15H,3-10H2,1-2H3. The second-order valence-electron chi connectivity index (χ2n) is 5.53. The zero-order chi connectivity index (χ0) is 11.6. The monoisotopic (exact) mass is 228 g/mol. The van der Waals surface area contributed by atoms with Gasteiger partial charge in [-0.2, -0.15) is 0 Å². The fourth-order valence-corrected chi connectivity index (χ4v) is 2.69. The van der Waals surface area contributed by atoms with E-state index in [1.54, 1.807) is 0 Å². The van der Waals surface area contributed by atoms with Crippen LogP contribution in [0.2, 0.25) is 0 Å². The van der Waals surface area contributed by atoms with Crippen LogP contribution in [0, 0.1) is 5.41 Å². The van der Waals surface area contributed by atoms with Crippen molar-refractivity contribution in [2.45, 2.75) is 19.4 Å². The van der Waals surface area contributed by atoms with Crippen LogP contribution in [0.5, 0.6) is 0 Å². The third-order valence-electron chi connectivity index (χ3n) is 4.12. The van der Waals surface area contributed by atoms with Gasteiger partial charge >= 0.3 is 0 Å². The number of aliphatic hydroxyl groups excluding tert-OH is 1. The van der Waals surface area contributed by atoms with Crippen LogP contribution >= 0.6 is 0 Å². The molecule has 2 atom stereocenters. The van der Waals surface area contributed by atoms with E-state index < -0.39 is 0 Å². The average Bonchev–Trinajstić information content (AvgIpc) is 2.73. The summed E-state index contributed by atoms with van der Waals surface area (Å²) < 4.78 is 5.44. The van der Waals surface area contributed by atoms with E-state index in [1.165, 1.54) is 0 Å². The number of nitrogens with zero attached hydrogens (tertiary/aromatic N) is 2. The van der Waals surface area contributed by atoms with E-state index in [4.69, 9.17) is 4.74 Å². The third kappa shape index (κ3) is 2.56. The summed E-state index contributed by atoms with van der Waals surface area (Å²) in [5, 5.41) is 9.55. The number of ether oxygens (including phenoxy) is 1. The Kier molecular flexibility index (Phi) is 3.85. The second kappa shape index (κ2) is 5.00. The van der Waals surface area contributed by atoms with Crippen molar-refractivity contribution in [3.05, 3.63) is 0 Å². The van der Waals surface area contributed by atoms with Gasteiger partial charge in [0.05, 0.1) is 13.2 Å². The van der Waals surface area contributed by atoms with E-state index in [0.29, 0.717) is 6.04 Å². The minimum absolute atomic E-state index is 0.00955. The normalized spacial score (nSPS) is 38.1. The molecule has 2 saturated heterocycles. The summed E-state index contributed by atoms with van der Waals surface area (Å²) in [7, 11) is 2.18. The Morgan fingerprint density at radius 3 is 2.81 bits per heavy atom. The molecular formula is C12H24N2O2. The molecule has 2 aliphatic heterocycles. The summed E-state index contributed by atoms with van der Waals surface area (Å²) in [6.07, 6.45) is 1.00. The van der Waals surface area contributed by atoms with Gasteiger partial charge in [-0.25, -0.2) is 0 Å². The summed E-state index contributed by atoms with van der Waals surface area (Å²) in [6.45, 7) is 8.40. The number of likely N-dealkylation sites (N-methyl/N-ethyl adjacent to an activating group) is 1. The molecule has 0 spiro atoms. The molecule has 2 unspecified atom stereocenters. The molecule has 2 aliphatic rings. The van der Waals surface area contributed by atoms with Gasteiger partial charge in [0.2, 0.25) is 0 Å². The number of aliphatic hydroxyl groups is 1. The Morgan fingerprint density at radius 2 is 2.25 bits per heavy atom. The molecule has 0 aromatic heterocycles. The van der Waals surface area contributed by atoms with Crippen LogP contribution in [0.4, 0.5) is 0 Å². The van der Waals surface area contributed by atoms with Gasteiger partial charge in [-0.05, 0) is 20.4 Å². The van der Waals surface area contributed by atoms with Crippen molar-refractivity contribution in [2.24, 2.45) is 5.41 Å². The quantitative estimate of drug-likeness (QED) is 0.739. The maximum absolute atomic E-state index is 9.55. The predicted molar refractivity (Wildman–Crippen MR) is 63.5 cm³/mol. The lowest BCUT2D eigenvalue weighted by molar-refractivity contribution is 0.0265. The summed E-state index contributed by atoms with van der Waals surface area (Å²) >= 11 is 0. The Hall–Kier alpha value is -0.160. The molecule has 2 rings (SSSR count). The molecule has 4 nitrogen and oxygen atoms in total. The van der Waals surface area contributed by atoms with Gasteiger partial charge in [0, 0.05) is 44.2 Å². The lowest BCUT2D eigenvalue weighted by Crippen LogP contribution is -2.53. The van der Waals surface area contributed by atoms with Gasteiger partial charge < -0.3 is 14.7 Å². The van der Waals surface area contributed by atoms with E-state index in [2.05, 4.69) is 23.8 Å². The van der Waals surface area contributed by atoms with Gasteiger partial charge in [0.1, 0.15) is 0 Å². The van der Waals surface area contributed by atoms with Crippen molar-refractivity contribution < 1.29 is 9.84 Å². The zero-order valence-corrected chi connectivity index (χ0v) is 10.5. The van der Waals surface area contributed by atoms with E-state index in [9.17, 15) is 5.11 Å². The number of rotatable bonds is 3. The molecule has 0 saturated carbocycles. The van der Waals surface area contributed by atoms with Crippen molar-refractivity contribution in [3.8, 4) is 0 Å². The first kappa shape index (κ1) is 12.3. The largest absolute Gasteiger partial charge is 0.396 e. The fourth-order valence-electron chi connectivity index (χ4n) is 2.69. The average molecular weight is 228 g/mol. The second-order valence-corrected chi connectivity index (χ2v) is 5.53. The Bertz CT molecular complexity index is 229. The Balaban J connectivity index is 1.89. The molecule has 16 heavy (non-hydrogen) atoms. The molecule has 1 N–H and O–H groups in total. The first-order valence-electron chi connectivity index (χ1n) is 6.26. The molecule has 0 aromatic rings. The van der Waals surface area contributed by atoms with Crippen molar-refractivity contribution in [1.29, 1.82) is 0 Å². The van der Waals surface area contributed by atoms with Crippen LogP contribution in [-0.4, -0.2) is 74.0 Å². The molecule has 0 aliphatic carbocycles. The van der Waals surface area contributed by atoms with E-state index >= 15 is 0 Å². The van der Waals surface area contributed by atoms with Crippen LogP contribution < -0.4 is 0 Å². The highest BCUT2D eigenvalue weighted by molar-refractivity contribution is 4.88. The van der Waals surface area contributed by atoms with Crippen LogP contribution in [0.3, 0.4) is 0 Å². The highest BCUT2D eigenvalue weighted by Crippen LogP contribution is 2.29. The van der Waals surface area contributed by atoms with Gasteiger partial charge in [0.25, 0.3) is 0 Å². The van der Waals surface area contributed by atoms with Gasteiger partial charge in [-0.1, -0.05) is 0 Å². The van der Waals surface area contributed by atoms with E-state index in [0.717, 1.165) is 45.8 Å². The first-order chi connectivity index (χ1) is 7.65. The molecule has 0 radical (unpaired) electrons. The van der Waals surface area contributed by atoms with Crippen molar-refractivity contribution >= 4 is 0 Å². The van der Waals surface area contributed by atoms with Crippen LogP contribution in [-0.2, 0) is 4.74 Å². The molecular weight excluding hydrogens is 204 g/mol. The SMILES string of the molecule is CC1CN(CC2(CO)CCOC2)CCN1C. The maximum Gasteiger partial charge on any atom is 0.0557 e. The smallest absolute Gasteiger partial charge is 0.0557 e.